The first-order valence-electron chi connectivity index (χ1n) is 3.88. The molecule has 0 saturated carbocycles. The summed E-state index contributed by atoms with van der Waals surface area (Å²) >= 11 is 5.48. The summed E-state index contributed by atoms with van der Waals surface area (Å²) in [6.07, 6.45) is -2.84. The van der Waals surface area contributed by atoms with Crippen molar-refractivity contribution in [1.29, 1.82) is 0 Å². The van der Waals surface area contributed by atoms with E-state index in [2.05, 4.69) is 0 Å². The predicted octanol–water partition coefficient (Wildman–Crippen LogP) is 2.92. The number of halogens is 4. The Balaban J connectivity index is 3.19. The van der Waals surface area contributed by atoms with Crippen LogP contribution < -0.4 is 5.73 Å². The highest BCUT2D eigenvalue weighted by Gasteiger charge is 2.34. The van der Waals surface area contributed by atoms with Gasteiger partial charge in [-0.15, -0.1) is 0 Å². The van der Waals surface area contributed by atoms with Crippen molar-refractivity contribution in [2.24, 2.45) is 5.73 Å². The number of rotatable bonds is 2. The Morgan fingerprint density at radius 1 is 1.43 bits per heavy atom. The lowest BCUT2D eigenvalue weighted by Gasteiger charge is -2.24. The van der Waals surface area contributed by atoms with Gasteiger partial charge in [-0.3, -0.25) is 0 Å². The van der Waals surface area contributed by atoms with E-state index >= 15 is 0 Å². The zero-order valence-electron chi connectivity index (χ0n) is 7.40. The molecule has 2 N–H and O–H groups in total. The van der Waals surface area contributed by atoms with E-state index in [4.69, 9.17) is 17.3 Å². The maximum atomic E-state index is 13.2. The van der Waals surface area contributed by atoms with E-state index in [9.17, 15) is 13.2 Å². The van der Waals surface area contributed by atoms with Gasteiger partial charge in [0, 0.05) is 10.6 Å². The first-order valence-corrected chi connectivity index (χ1v) is 4.26. The third kappa shape index (κ3) is 2.01. The van der Waals surface area contributed by atoms with Gasteiger partial charge in [0.05, 0.1) is 0 Å². The Hall–Kier alpha value is -0.740. The van der Waals surface area contributed by atoms with Crippen molar-refractivity contribution in [2.45, 2.75) is 18.9 Å². The van der Waals surface area contributed by atoms with Gasteiger partial charge in [-0.1, -0.05) is 17.7 Å². The Bertz CT molecular complexity index is 339. The van der Waals surface area contributed by atoms with Crippen molar-refractivity contribution < 1.29 is 13.2 Å². The first kappa shape index (κ1) is 11.3. The molecule has 0 spiro atoms. The van der Waals surface area contributed by atoms with Crippen molar-refractivity contribution in [3.05, 3.63) is 34.6 Å². The predicted molar refractivity (Wildman–Crippen MR) is 49.0 cm³/mol. The van der Waals surface area contributed by atoms with Gasteiger partial charge >= 0.3 is 0 Å². The van der Waals surface area contributed by atoms with Crippen LogP contribution in [0.1, 0.15) is 12.5 Å². The zero-order valence-corrected chi connectivity index (χ0v) is 8.15. The van der Waals surface area contributed by atoms with E-state index in [0.717, 1.165) is 13.0 Å². The molecule has 1 unspecified atom stereocenters. The Morgan fingerprint density at radius 2 is 2.00 bits per heavy atom. The van der Waals surface area contributed by atoms with E-state index in [0.29, 0.717) is 0 Å². The van der Waals surface area contributed by atoms with Gasteiger partial charge in [0.2, 0.25) is 0 Å². The Morgan fingerprint density at radius 3 is 2.43 bits per heavy atom. The first-order chi connectivity index (χ1) is 6.35. The highest BCUT2D eigenvalue weighted by Crippen LogP contribution is 2.28. The van der Waals surface area contributed by atoms with Crippen LogP contribution in [0.15, 0.2) is 18.2 Å². The number of benzene rings is 1. The van der Waals surface area contributed by atoms with Gasteiger partial charge in [-0.25, -0.2) is 13.2 Å². The Kier molecular flexibility index (Phi) is 3.07. The molecule has 1 rings (SSSR count). The minimum atomic E-state index is -2.84. The summed E-state index contributed by atoms with van der Waals surface area (Å²) in [6.45, 7) is 1.07. The van der Waals surface area contributed by atoms with Gasteiger partial charge < -0.3 is 5.73 Å². The highest BCUT2D eigenvalue weighted by molar-refractivity contribution is 6.30. The van der Waals surface area contributed by atoms with Crippen LogP contribution in [-0.2, 0) is 5.54 Å². The third-order valence-corrected chi connectivity index (χ3v) is 2.20. The maximum Gasteiger partial charge on any atom is 0.260 e. The lowest BCUT2D eigenvalue weighted by atomic mass is 9.93. The molecule has 14 heavy (non-hydrogen) atoms. The molecule has 0 radical (unpaired) electrons. The molecule has 0 aliphatic heterocycles. The van der Waals surface area contributed by atoms with Crippen molar-refractivity contribution in [3.63, 3.8) is 0 Å². The van der Waals surface area contributed by atoms with Gasteiger partial charge in [0.25, 0.3) is 6.43 Å². The van der Waals surface area contributed by atoms with Crippen LogP contribution in [0.4, 0.5) is 13.2 Å². The largest absolute Gasteiger partial charge is 0.317 e. The molecule has 0 amide bonds. The number of alkyl halides is 2. The van der Waals surface area contributed by atoms with Crippen LogP contribution >= 0.6 is 11.6 Å². The van der Waals surface area contributed by atoms with E-state index in [1.54, 1.807) is 0 Å². The Labute approximate surface area is 84.7 Å². The summed E-state index contributed by atoms with van der Waals surface area (Å²) in [5, 5.41) is 0.149. The summed E-state index contributed by atoms with van der Waals surface area (Å²) in [5.41, 5.74) is 3.07. The number of nitrogens with two attached hydrogens (primary N) is 1. The quantitative estimate of drug-likeness (QED) is 0.820. The van der Waals surface area contributed by atoms with E-state index in [1.165, 1.54) is 12.1 Å². The molecule has 1 aromatic rings. The average Bonchev–Trinajstić information content (AvgIpc) is 2.02. The lowest BCUT2D eigenvalue weighted by molar-refractivity contribution is 0.0605. The second-order valence-electron chi connectivity index (χ2n) is 3.21. The average molecular weight is 224 g/mol. The second-order valence-corrected chi connectivity index (χ2v) is 3.64. The molecule has 1 nitrogen and oxygen atoms in total. The van der Waals surface area contributed by atoms with Crippen LogP contribution in [0.5, 0.6) is 0 Å². The normalized spacial score (nSPS) is 15.6. The summed E-state index contributed by atoms with van der Waals surface area (Å²) in [7, 11) is 0. The molecule has 78 valence electrons. The molecule has 0 fully saturated rings. The molecular weight excluding hydrogens is 215 g/mol. The van der Waals surface area contributed by atoms with Crippen LogP contribution in [0.2, 0.25) is 5.02 Å². The fourth-order valence-electron chi connectivity index (χ4n) is 1.04. The molecule has 0 aromatic heterocycles. The van der Waals surface area contributed by atoms with E-state index in [-0.39, 0.29) is 10.6 Å². The lowest BCUT2D eigenvalue weighted by Crippen LogP contribution is -2.41. The summed E-state index contributed by atoms with van der Waals surface area (Å²) in [5.74, 6) is -0.817. The summed E-state index contributed by atoms with van der Waals surface area (Å²) in [4.78, 5) is 0. The summed E-state index contributed by atoms with van der Waals surface area (Å²) in [6, 6.07) is 3.46. The monoisotopic (exact) mass is 223 g/mol. The van der Waals surface area contributed by atoms with Crippen molar-refractivity contribution >= 4 is 11.6 Å². The molecule has 1 aromatic carbocycles. The fraction of sp³-hybridized carbons (Fsp3) is 0.333. The van der Waals surface area contributed by atoms with Gasteiger partial charge in [0.1, 0.15) is 11.4 Å². The highest BCUT2D eigenvalue weighted by atomic mass is 35.5. The minimum absolute atomic E-state index is 0.149. The van der Waals surface area contributed by atoms with Crippen molar-refractivity contribution in [1.82, 2.24) is 0 Å². The molecule has 0 aliphatic carbocycles. The van der Waals surface area contributed by atoms with E-state index in [1.807, 2.05) is 0 Å². The van der Waals surface area contributed by atoms with E-state index < -0.39 is 17.8 Å². The standard InChI is InChI=1S/C9H9ClF3N/c1-9(14,8(12)13)6-3-2-5(10)4-7(6)11/h2-4,8H,14H2,1H3. The van der Waals surface area contributed by atoms with Gasteiger partial charge in [-0.05, 0) is 19.1 Å². The smallest absolute Gasteiger partial charge is 0.260 e. The molecule has 0 saturated heterocycles. The molecule has 5 heteroatoms. The zero-order chi connectivity index (χ0) is 10.9. The van der Waals surface area contributed by atoms with Gasteiger partial charge in [0.15, 0.2) is 0 Å². The number of hydrogen-bond donors (Lipinski definition) is 1. The minimum Gasteiger partial charge on any atom is -0.317 e. The SMILES string of the molecule is CC(N)(c1ccc(Cl)cc1F)C(F)F. The van der Waals surface area contributed by atoms with Crippen LogP contribution in [-0.4, -0.2) is 6.43 Å². The van der Waals surface area contributed by atoms with Crippen molar-refractivity contribution in [3.8, 4) is 0 Å². The fourth-order valence-corrected chi connectivity index (χ4v) is 1.20. The molecule has 0 bridgehead atoms. The maximum absolute atomic E-state index is 13.2. The van der Waals surface area contributed by atoms with Crippen LogP contribution in [0, 0.1) is 5.82 Å². The summed E-state index contributed by atoms with van der Waals surface area (Å²) < 4.78 is 38.1. The second kappa shape index (κ2) is 3.79. The molecule has 1 atom stereocenters. The van der Waals surface area contributed by atoms with Gasteiger partial charge in [-0.2, -0.15) is 0 Å². The molecule has 0 heterocycles. The molecule has 0 aliphatic rings. The topological polar surface area (TPSA) is 26.0 Å². The van der Waals surface area contributed by atoms with Crippen LogP contribution in [0.3, 0.4) is 0 Å². The third-order valence-electron chi connectivity index (χ3n) is 1.96. The van der Waals surface area contributed by atoms with Crippen LogP contribution in [0.25, 0.3) is 0 Å². The molecular formula is C9H9ClF3N. The van der Waals surface area contributed by atoms with Crippen molar-refractivity contribution in [2.75, 3.05) is 0 Å². The number of hydrogen-bond acceptors (Lipinski definition) is 1.